The Morgan fingerprint density at radius 1 is 1.14 bits per heavy atom. The Bertz CT molecular complexity index is 545. The van der Waals surface area contributed by atoms with Crippen molar-refractivity contribution in [2.45, 2.75) is 19.0 Å². The largest absolute Gasteiger partial charge is 0.416 e. The van der Waals surface area contributed by atoms with Crippen LogP contribution < -0.4 is 5.32 Å². The Morgan fingerprint density at radius 3 is 2.36 bits per heavy atom. The second-order valence-corrected chi connectivity index (χ2v) is 6.13. The number of amides is 1. The lowest BCUT2D eigenvalue weighted by Gasteiger charge is -2.21. The van der Waals surface area contributed by atoms with Crippen LogP contribution in [0.5, 0.6) is 0 Å². The van der Waals surface area contributed by atoms with Crippen LogP contribution in [0, 0.1) is 11.8 Å². The first kappa shape index (κ1) is 15.3. The average molecular weight is 312 g/mol. The molecule has 2 aliphatic heterocycles. The van der Waals surface area contributed by atoms with Gasteiger partial charge < -0.3 is 10.2 Å². The summed E-state index contributed by atoms with van der Waals surface area (Å²) in [6, 6.07) is 4.71. The van der Waals surface area contributed by atoms with E-state index in [0.717, 1.165) is 38.1 Å². The summed E-state index contributed by atoms with van der Waals surface area (Å²) < 4.78 is 38.3. The van der Waals surface area contributed by atoms with Gasteiger partial charge in [0.05, 0.1) is 5.56 Å². The second-order valence-electron chi connectivity index (χ2n) is 6.13. The monoisotopic (exact) mass is 312 g/mol. The zero-order chi connectivity index (χ0) is 15.7. The van der Waals surface area contributed by atoms with Gasteiger partial charge in [-0.05, 0) is 56.0 Å². The van der Waals surface area contributed by atoms with Crippen molar-refractivity contribution in [3.05, 3.63) is 35.4 Å². The van der Waals surface area contributed by atoms with Gasteiger partial charge in [-0.1, -0.05) is 6.07 Å². The molecule has 1 aromatic carbocycles. The van der Waals surface area contributed by atoms with Crippen molar-refractivity contribution in [3.63, 3.8) is 0 Å². The van der Waals surface area contributed by atoms with Crippen molar-refractivity contribution in [3.8, 4) is 0 Å². The molecule has 1 amide bonds. The van der Waals surface area contributed by atoms with Crippen molar-refractivity contribution >= 4 is 5.91 Å². The Hall–Kier alpha value is -1.56. The Morgan fingerprint density at radius 2 is 1.77 bits per heavy atom. The van der Waals surface area contributed by atoms with Crippen molar-refractivity contribution < 1.29 is 18.0 Å². The number of fused-ring (bicyclic) bond motifs is 1. The number of nitrogens with one attached hydrogen (secondary N) is 1. The van der Waals surface area contributed by atoms with Gasteiger partial charge >= 0.3 is 6.18 Å². The van der Waals surface area contributed by atoms with E-state index in [4.69, 9.17) is 0 Å². The molecule has 0 saturated carbocycles. The summed E-state index contributed by atoms with van der Waals surface area (Å²) in [5, 5.41) is 3.36. The number of hydrogen-bond donors (Lipinski definition) is 1. The van der Waals surface area contributed by atoms with Crippen molar-refractivity contribution in [2.24, 2.45) is 11.8 Å². The first-order valence-electron chi connectivity index (χ1n) is 7.62. The molecule has 0 radical (unpaired) electrons. The summed E-state index contributed by atoms with van der Waals surface area (Å²) in [6.07, 6.45) is -2.58. The van der Waals surface area contributed by atoms with Gasteiger partial charge in [0.1, 0.15) is 0 Å². The fourth-order valence-electron chi connectivity index (χ4n) is 3.43. The van der Waals surface area contributed by atoms with E-state index in [1.54, 1.807) is 4.90 Å². The van der Waals surface area contributed by atoms with Gasteiger partial charge in [-0.3, -0.25) is 4.79 Å². The van der Waals surface area contributed by atoms with Crippen LogP contribution in [0.3, 0.4) is 0 Å². The van der Waals surface area contributed by atoms with Crippen molar-refractivity contribution in [1.29, 1.82) is 0 Å². The molecule has 3 rings (SSSR count). The van der Waals surface area contributed by atoms with Crippen LogP contribution in [0.15, 0.2) is 24.3 Å². The molecule has 0 aliphatic carbocycles. The van der Waals surface area contributed by atoms with Crippen LogP contribution in [-0.2, 0) is 6.18 Å². The highest BCUT2D eigenvalue weighted by Crippen LogP contribution is 2.31. The molecule has 3 nitrogen and oxygen atoms in total. The smallest absolute Gasteiger partial charge is 0.339 e. The SMILES string of the molecule is O=C(c1cccc(C(F)(F)F)c1)N1CC[C@@H]2CNC[C@@H]2CC1. The van der Waals surface area contributed by atoms with Crippen LogP contribution in [0.4, 0.5) is 13.2 Å². The average Bonchev–Trinajstić information content (AvgIpc) is 2.85. The molecule has 2 fully saturated rings. The molecular formula is C16H19F3N2O. The number of rotatable bonds is 1. The standard InChI is InChI=1S/C16H19F3N2O/c17-16(18,19)14-3-1-2-11(8-14)15(22)21-6-4-12-9-20-10-13(12)5-7-21/h1-3,8,12-13,20H,4-7,9-10H2/t12-,13+. The highest BCUT2D eigenvalue weighted by molar-refractivity contribution is 5.94. The number of alkyl halides is 3. The summed E-state index contributed by atoms with van der Waals surface area (Å²) in [5.74, 6) is 0.873. The summed E-state index contributed by atoms with van der Waals surface area (Å²) in [7, 11) is 0. The normalized spacial score (nSPS) is 25.7. The molecule has 0 unspecified atom stereocenters. The summed E-state index contributed by atoms with van der Waals surface area (Å²) in [6.45, 7) is 3.21. The predicted octanol–water partition coefficient (Wildman–Crippen LogP) is 2.78. The molecule has 2 atom stereocenters. The number of likely N-dealkylation sites (tertiary alicyclic amines) is 1. The summed E-state index contributed by atoms with van der Waals surface area (Å²) in [4.78, 5) is 14.2. The number of nitrogens with zero attached hydrogens (tertiary/aromatic N) is 1. The minimum atomic E-state index is -4.42. The maximum absolute atomic E-state index is 12.8. The maximum atomic E-state index is 12.8. The molecule has 120 valence electrons. The molecular weight excluding hydrogens is 293 g/mol. The number of halogens is 3. The number of hydrogen-bond acceptors (Lipinski definition) is 2. The van der Waals surface area contributed by atoms with Gasteiger partial charge in [-0.15, -0.1) is 0 Å². The summed E-state index contributed by atoms with van der Waals surface area (Å²) >= 11 is 0. The van der Waals surface area contributed by atoms with Gasteiger partial charge in [-0.2, -0.15) is 13.2 Å². The molecule has 6 heteroatoms. The minimum Gasteiger partial charge on any atom is -0.339 e. The van der Waals surface area contributed by atoms with Gasteiger partial charge in [0, 0.05) is 18.7 Å². The van der Waals surface area contributed by atoms with Crippen LogP contribution in [0.2, 0.25) is 0 Å². The Labute approximate surface area is 127 Å². The zero-order valence-electron chi connectivity index (χ0n) is 12.2. The summed E-state index contributed by atoms with van der Waals surface area (Å²) in [5.41, 5.74) is -0.644. The number of benzene rings is 1. The molecule has 2 saturated heterocycles. The number of carbonyl (C=O) groups is 1. The topological polar surface area (TPSA) is 32.3 Å². The van der Waals surface area contributed by atoms with Crippen molar-refractivity contribution in [1.82, 2.24) is 10.2 Å². The van der Waals surface area contributed by atoms with E-state index in [-0.39, 0.29) is 11.5 Å². The molecule has 2 heterocycles. The molecule has 2 aliphatic rings. The zero-order valence-corrected chi connectivity index (χ0v) is 12.2. The van der Waals surface area contributed by atoms with E-state index < -0.39 is 11.7 Å². The third-order valence-electron chi connectivity index (χ3n) is 4.74. The Kier molecular flexibility index (Phi) is 4.12. The van der Waals surface area contributed by atoms with Crippen LogP contribution in [0.1, 0.15) is 28.8 Å². The Balaban J connectivity index is 1.74. The van der Waals surface area contributed by atoms with E-state index in [1.807, 2.05) is 0 Å². The van der Waals surface area contributed by atoms with E-state index in [0.29, 0.717) is 24.9 Å². The third kappa shape index (κ3) is 3.11. The van der Waals surface area contributed by atoms with Gasteiger partial charge in [0.15, 0.2) is 0 Å². The van der Waals surface area contributed by atoms with Crippen LogP contribution in [0.25, 0.3) is 0 Å². The second kappa shape index (κ2) is 5.91. The quantitative estimate of drug-likeness (QED) is 0.865. The number of carbonyl (C=O) groups excluding carboxylic acids is 1. The third-order valence-corrected chi connectivity index (χ3v) is 4.74. The van der Waals surface area contributed by atoms with Crippen LogP contribution in [-0.4, -0.2) is 37.0 Å². The lowest BCUT2D eigenvalue weighted by atomic mass is 9.92. The van der Waals surface area contributed by atoms with E-state index in [1.165, 1.54) is 12.1 Å². The molecule has 0 bridgehead atoms. The molecule has 22 heavy (non-hydrogen) atoms. The minimum absolute atomic E-state index is 0.125. The van der Waals surface area contributed by atoms with E-state index in [9.17, 15) is 18.0 Å². The fraction of sp³-hybridized carbons (Fsp3) is 0.562. The van der Waals surface area contributed by atoms with Gasteiger partial charge in [0.2, 0.25) is 0 Å². The first-order valence-corrected chi connectivity index (χ1v) is 7.62. The van der Waals surface area contributed by atoms with Gasteiger partial charge in [-0.25, -0.2) is 0 Å². The lowest BCUT2D eigenvalue weighted by molar-refractivity contribution is -0.137. The lowest BCUT2D eigenvalue weighted by Crippen LogP contribution is -2.32. The van der Waals surface area contributed by atoms with Crippen LogP contribution >= 0.6 is 0 Å². The fourth-order valence-corrected chi connectivity index (χ4v) is 3.43. The predicted molar refractivity (Wildman–Crippen MR) is 76.4 cm³/mol. The molecule has 1 aromatic rings. The maximum Gasteiger partial charge on any atom is 0.416 e. The molecule has 0 aromatic heterocycles. The first-order chi connectivity index (χ1) is 10.4. The van der Waals surface area contributed by atoms with Crippen molar-refractivity contribution in [2.75, 3.05) is 26.2 Å². The molecule has 1 N–H and O–H groups in total. The van der Waals surface area contributed by atoms with E-state index in [2.05, 4.69) is 5.32 Å². The molecule has 0 spiro atoms. The van der Waals surface area contributed by atoms with E-state index >= 15 is 0 Å². The van der Waals surface area contributed by atoms with Gasteiger partial charge in [0.25, 0.3) is 5.91 Å². The highest BCUT2D eigenvalue weighted by Gasteiger charge is 2.33. The highest BCUT2D eigenvalue weighted by atomic mass is 19.4.